The normalized spacial score (nSPS) is 11.8. The molecule has 136 valence electrons. The highest BCUT2D eigenvalue weighted by molar-refractivity contribution is 5.61. The van der Waals surface area contributed by atoms with E-state index in [4.69, 9.17) is 19.9 Å². The molecule has 0 amide bonds. The minimum absolute atomic E-state index is 0.410. The van der Waals surface area contributed by atoms with Crippen molar-refractivity contribution in [1.82, 2.24) is 15.2 Å². The summed E-state index contributed by atoms with van der Waals surface area (Å²) in [6.45, 7) is 2.49. The molecule has 0 bridgehead atoms. The summed E-state index contributed by atoms with van der Waals surface area (Å²) < 4.78 is 16.1. The Kier molecular flexibility index (Phi) is 5.38. The molecule has 7 nitrogen and oxygen atoms in total. The van der Waals surface area contributed by atoms with Gasteiger partial charge in [0.15, 0.2) is 17.3 Å². The Hall–Kier alpha value is -3.06. The van der Waals surface area contributed by atoms with Crippen molar-refractivity contribution >= 4 is 0 Å². The van der Waals surface area contributed by atoms with Crippen molar-refractivity contribution in [2.75, 3.05) is 20.8 Å². The molecule has 1 atom stereocenters. The summed E-state index contributed by atoms with van der Waals surface area (Å²) in [6, 6.07) is 12.7. The first-order valence-electron chi connectivity index (χ1n) is 8.29. The Morgan fingerprint density at radius 3 is 2.46 bits per heavy atom. The number of aromatic nitrogens is 3. The fraction of sp³-hybridized carbons (Fsp3) is 0.263. The van der Waals surface area contributed by atoms with Gasteiger partial charge in [0.1, 0.15) is 11.6 Å². The molecule has 7 heteroatoms. The van der Waals surface area contributed by atoms with Crippen LogP contribution in [0.3, 0.4) is 0 Å². The number of hydrogen-bond donors (Lipinski definition) is 2. The molecule has 0 aliphatic heterocycles. The van der Waals surface area contributed by atoms with E-state index in [9.17, 15) is 0 Å². The molecule has 3 aromatic rings. The predicted molar refractivity (Wildman–Crippen MR) is 98.6 cm³/mol. The van der Waals surface area contributed by atoms with E-state index in [0.29, 0.717) is 29.8 Å². The lowest BCUT2D eigenvalue weighted by Gasteiger charge is -2.10. The van der Waals surface area contributed by atoms with Crippen LogP contribution in [0.4, 0.5) is 0 Å². The predicted octanol–water partition coefficient (Wildman–Crippen LogP) is 2.94. The number of nitrogens with zero attached hydrogens (tertiary/aromatic N) is 2. The lowest BCUT2D eigenvalue weighted by atomic mass is 10.1. The molecule has 1 heterocycles. The van der Waals surface area contributed by atoms with Gasteiger partial charge in [-0.1, -0.05) is 12.1 Å². The lowest BCUT2D eigenvalue weighted by molar-refractivity contribution is 0.311. The summed E-state index contributed by atoms with van der Waals surface area (Å²) in [5.41, 5.74) is 8.03. The van der Waals surface area contributed by atoms with E-state index in [1.165, 1.54) is 0 Å². The number of nitrogens with two attached hydrogens (primary N) is 1. The van der Waals surface area contributed by atoms with E-state index in [1.807, 2.05) is 49.4 Å². The summed E-state index contributed by atoms with van der Waals surface area (Å²) in [5.74, 6) is 3.23. The third-order valence-corrected chi connectivity index (χ3v) is 3.99. The van der Waals surface area contributed by atoms with Crippen LogP contribution in [0.5, 0.6) is 17.2 Å². The highest BCUT2D eigenvalue weighted by atomic mass is 16.5. The van der Waals surface area contributed by atoms with Crippen molar-refractivity contribution in [3.8, 4) is 28.6 Å². The summed E-state index contributed by atoms with van der Waals surface area (Å²) >= 11 is 0. The van der Waals surface area contributed by atoms with Crippen LogP contribution >= 0.6 is 0 Å². The van der Waals surface area contributed by atoms with Crippen LogP contribution in [0.1, 0.15) is 24.4 Å². The van der Waals surface area contributed by atoms with Gasteiger partial charge in [0.25, 0.3) is 0 Å². The second-order valence-corrected chi connectivity index (χ2v) is 5.59. The fourth-order valence-electron chi connectivity index (χ4n) is 2.59. The van der Waals surface area contributed by atoms with E-state index in [-0.39, 0.29) is 0 Å². The molecule has 2 aromatic carbocycles. The van der Waals surface area contributed by atoms with Crippen molar-refractivity contribution < 1.29 is 14.2 Å². The van der Waals surface area contributed by atoms with Crippen molar-refractivity contribution in [3.05, 3.63) is 53.9 Å². The average Bonchev–Trinajstić information content (AvgIpc) is 3.18. The van der Waals surface area contributed by atoms with Crippen LogP contribution in [0.2, 0.25) is 0 Å². The maximum atomic E-state index is 6.30. The van der Waals surface area contributed by atoms with Crippen LogP contribution in [0.15, 0.2) is 42.5 Å². The number of hydrogen-bond acceptors (Lipinski definition) is 6. The zero-order valence-electron chi connectivity index (χ0n) is 15.0. The van der Waals surface area contributed by atoms with Gasteiger partial charge in [-0.15, -0.1) is 0 Å². The molecule has 0 aliphatic rings. The second-order valence-electron chi connectivity index (χ2n) is 5.59. The summed E-state index contributed by atoms with van der Waals surface area (Å²) in [4.78, 5) is 4.53. The number of methoxy groups -OCH3 is 2. The Balaban J connectivity index is 1.84. The molecule has 0 saturated carbocycles. The first-order valence-corrected chi connectivity index (χ1v) is 8.29. The molecule has 3 rings (SSSR count). The number of ether oxygens (including phenoxy) is 3. The first-order chi connectivity index (χ1) is 12.7. The van der Waals surface area contributed by atoms with E-state index >= 15 is 0 Å². The van der Waals surface area contributed by atoms with Crippen LogP contribution < -0.4 is 19.9 Å². The zero-order valence-corrected chi connectivity index (χ0v) is 15.0. The van der Waals surface area contributed by atoms with Gasteiger partial charge in [-0.3, -0.25) is 5.10 Å². The number of nitrogens with one attached hydrogen (secondary N) is 1. The first kappa shape index (κ1) is 17.8. The Morgan fingerprint density at radius 2 is 1.81 bits per heavy atom. The van der Waals surface area contributed by atoms with E-state index in [1.54, 1.807) is 14.2 Å². The van der Waals surface area contributed by atoms with Crippen LogP contribution in [-0.4, -0.2) is 36.0 Å². The maximum absolute atomic E-state index is 6.30. The minimum atomic E-state index is -0.410. The van der Waals surface area contributed by atoms with Crippen LogP contribution in [0, 0.1) is 0 Å². The van der Waals surface area contributed by atoms with Crippen molar-refractivity contribution in [1.29, 1.82) is 0 Å². The molecule has 1 aromatic heterocycles. The topological polar surface area (TPSA) is 95.3 Å². The molecular formula is C19H22N4O3. The molecule has 26 heavy (non-hydrogen) atoms. The molecular weight excluding hydrogens is 332 g/mol. The standard InChI is InChI=1S/C19H22N4O3/c1-4-26-15-10-7-13(11-16(15)25-3)18-21-19(23-22-18)17(20)12-5-8-14(24-2)9-6-12/h5-11,17H,4,20H2,1-3H3,(H,21,22,23)/t17-/m0/s1. The highest BCUT2D eigenvalue weighted by Crippen LogP contribution is 2.31. The summed E-state index contributed by atoms with van der Waals surface area (Å²) in [5, 5.41) is 7.20. The Bertz CT molecular complexity index is 861. The lowest BCUT2D eigenvalue weighted by Crippen LogP contribution is -2.13. The average molecular weight is 354 g/mol. The molecule has 0 saturated heterocycles. The van der Waals surface area contributed by atoms with Gasteiger partial charge < -0.3 is 19.9 Å². The van der Waals surface area contributed by atoms with Gasteiger partial charge in [-0.2, -0.15) is 5.10 Å². The third kappa shape index (κ3) is 3.62. The zero-order chi connectivity index (χ0) is 18.5. The van der Waals surface area contributed by atoms with Crippen molar-refractivity contribution in [2.45, 2.75) is 13.0 Å². The van der Waals surface area contributed by atoms with Crippen LogP contribution in [0.25, 0.3) is 11.4 Å². The molecule has 0 aliphatic carbocycles. The maximum Gasteiger partial charge on any atom is 0.181 e. The molecule has 3 N–H and O–H groups in total. The Labute approximate surface area is 152 Å². The molecule has 0 radical (unpaired) electrons. The monoisotopic (exact) mass is 354 g/mol. The van der Waals surface area contributed by atoms with Crippen LogP contribution in [-0.2, 0) is 0 Å². The SMILES string of the molecule is CCOc1ccc(-c2n[nH]c([C@@H](N)c3ccc(OC)cc3)n2)cc1OC. The van der Waals surface area contributed by atoms with Gasteiger partial charge in [-0.05, 0) is 42.8 Å². The highest BCUT2D eigenvalue weighted by Gasteiger charge is 2.16. The van der Waals surface area contributed by atoms with E-state index in [0.717, 1.165) is 16.9 Å². The van der Waals surface area contributed by atoms with Gasteiger partial charge in [0.2, 0.25) is 0 Å². The quantitative estimate of drug-likeness (QED) is 0.677. The number of rotatable bonds is 7. The van der Waals surface area contributed by atoms with Gasteiger partial charge in [0.05, 0.1) is 26.9 Å². The van der Waals surface area contributed by atoms with E-state index in [2.05, 4.69) is 15.2 Å². The fourth-order valence-corrected chi connectivity index (χ4v) is 2.59. The smallest absolute Gasteiger partial charge is 0.181 e. The van der Waals surface area contributed by atoms with E-state index < -0.39 is 6.04 Å². The molecule has 0 unspecified atom stereocenters. The summed E-state index contributed by atoms with van der Waals surface area (Å²) in [7, 11) is 3.23. The number of benzene rings is 2. The summed E-state index contributed by atoms with van der Waals surface area (Å²) in [6.07, 6.45) is 0. The van der Waals surface area contributed by atoms with Gasteiger partial charge >= 0.3 is 0 Å². The third-order valence-electron chi connectivity index (χ3n) is 3.99. The van der Waals surface area contributed by atoms with Crippen molar-refractivity contribution in [3.63, 3.8) is 0 Å². The molecule has 0 fully saturated rings. The van der Waals surface area contributed by atoms with Crippen molar-refractivity contribution in [2.24, 2.45) is 5.73 Å². The number of aromatic amines is 1. The second kappa shape index (κ2) is 7.88. The van der Waals surface area contributed by atoms with Gasteiger partial charge in [-0.25, -0.2) is 4.98 Å². The largest absolute Gasteiger partial charge is 0.497 e. The minimum Gasteiger partial charge on any atom is -0.497 e. The molecule has 0 spiro atoms. The number of H-pyrrole nitrogens is 1. The Morgan fingerprint density at radius 1 is 1.04 bits per heavy atom. The van der Waals surface area contributed by atoms with Gasteiger partial charge in [0, 0.05) is 5.56 Å².